The van der Waals surface area contributed by atoms with Crippen molar-refractivity contribution >= 4 is 0 Å². The van der Waals surface area contributed by atoms with Crippen LogP contribution in [0.4, 0.5) is 0 Å². The van der Waals surface area contributed by atoms with Crippen LogP contribution in [0.1, 0.15) is 25.7 Å². The van der Waals surface area contributed by atoms with Gasteiger partial charge in [-0.3, -0.25) is 10.2 Å². The molecule has 2 heterocycles. The number of ether oxygens (including phenoxy) is 1. The van der Waals surface area contributed by atoms with Crippen LogP contribution >= 0.6 is 0 Å². The Hall–Kier alpha value is -0.120. The zero-order valence-electron chi connectivity index (χ0n) is 7.59. The molecule has 0 bridgehead atoms. The van der Waals surface area contributed by atoms with Crippen LogP contribution in [0, 0.1) is 0 Å². The molecule has 3 heteroatoms. The average molecular weight is 170 g/mol. The van der Waals surface area contributed by atoms with Gasteiger partial charge in [0.1, 0.15) is 0 Å². The maximum atomic E-state index is 5.56. The summed E-state index contributed by atoms with van der Waals surface area (Å²) in [5.41, 5.74) is 0. The lowest BCUT2D eigenvalue weighted by Crippen LogP contribution is -2.43. The highest BCUT2D eigenvalue weighted by molar-refractivity contribution is 4.69. The van der Waals surface area contributed by atoms with Gasteiger partial charge in [0.2, 0.25) is 0 Å². The third-order valence-electron chi connectivity index (χ3n) is 2.67. The summed E-state index contributed by atoms with van der Waals surface area (Å²) < 4.78 is 5.56. The lowest BCUT2D eigenvalue weighted by molar-refractivity contribution is -0.0296. The van der Waals surface area contributed by atoms with E-state index in [-0.39, 0.29) is 6.35 Å². The maximum absolute atomic E-state index is 5.56. The number of hydrogen-bond donors (Lipinski definition) is 1. The largest absolute Gasteiger partial charge is 0.348 e. The minimum absolute atomic E-state index is 0.225. The van der Waals surface area contributed by atoms with Gasteiger partial charge in [0.05, 0.1) is 6.61 Å². The molecule has 2 aliphatic heterocycles. The summed E-state index contributed by atoms with van der Waals surface area (Å²) in [4.78, 5) is 2.43. The zero-order chi connectivity index (χ0) is 8.23. The second-order valence-corrected chi connectivity index (χ2v) is 3.63. The number of nitrogens with one attached hydrogen (secondary N) is 1. The van der Waals surface area contributed by atoms with Crippen LogP contribution < -0.4 is 5.32 Å². The zero-order valence-corrected chi connectivity index (χ0v) is 7.59. The van der Waals surface area contributed by atoms with E-state index in [1.807, 2.05) is 0 Å². The van der Waals surface area contributed by atoms with Gasteiger partial charge < -0.3 is 4.74 Å². The lowest BCUT2D eigenvalue weighted by Gasteiger charge is -2.25. The fourth-order valence-electron chi connectivity index (χ4n) is 1.98. The first kappa shape index (κ1) is 8.48. The van der Waals surface area contributed by atoms with E-state index in [1.165, 1.54) is 38.8 Å². The summed E-state index contributed by atoms with van der Waals surface area (Å²) in [6, 6.07) is 0. The first-order valence-corrected chi connectivity index (χ1v) is 5.06. The van der Waals surface area contributed by atoms with Gasteiger partial charge in [-0.05, 0) is 12.8 Å². The van der Waals surface area contributed by atoms with Crippen molar-refractivity contribution in [2.45, 2.75) is 32.0 Å². The molecule has 0 aromatic heterocycles. The Morgan fingerprint density at radius 1 is 1.08 bits per heavy atom. The van der Waals surface area contributed by atoms with Gasteiger partial charge in [-0.25, -0.2) is 0 Å². The van der Waals surface area contributed by atoms with E-state index >= 15 is 0 Å². The Balaban J connectivity index is 1.83. The fourth-order valence-corrected chi connectivity index (χ4v) is 1.98. The molecule has 0 saturated carbocycles. The summed E-state index contributed by atoms with van der Waals surface area (Å²) >= 11 is 0. The van der Waals surface area contributed by atoms with Gasteiger partial charge in [-0.2, -0.15) is 0 Å². The molecule has 1 atom stereocenters. The average Bonchev–Trinajstić information content (AvgIpc) is 2.48. The molecule has 3 nitrogen and oxygen atoms in total. The van der Waals surface area contributed by atoms with Crippen molar-refractivity contribution < 1.29 is 4.74 Å². The SMILES string of the molecule is C1CCCN(C2NCCO2)CC1. The maximum Gasteiger partial charge on any atom is 0.166 e. The summed E-state index contributed by atoms with van der Waals surface area (Å²) in [5.74, 6) is 0. The van der Waals surface area contributed by atoms with Crippen LogP contribution in [0.15, 0.2) is 0 Å². The molecule has 0 aromatic rings. The van der Waals surface area contributed by atoms with Crippen molar-refractivity contribution in [2.75, 3.05) is 26.2 Å². The van der Waals surface area contributed by atoms with Crippen molar-refractivity contribution in [1.29, 1.82) is 0 Å². The minimum Gasteiger partial charge on any atom is -0.348 e. The van der Waals surface area contributed by atoms with E-state index in [1.54, 1.807) is 0 Å². The molecule has 0 amide bonds. The van der Waals surface area contributed by atoms with Crippen molar-refractivity contribution in [3.05, 3.63) is 0 Å². The Bertz CT molecular complexity index is 126. The summed E-state index contributed by atoms with van der Waals surface area (Å²) in [6.45, 7) is 4.30. The van der Waals surface area contributed by atoms with E-state index in [0.717, 1.165) is 13.2 Å². The molecule has 0 radical (unpaired) electrons. The summed E-state index contributed by atoms with van der Waals surface area (Å²) in [7, 11) is 0. The molecule has 2 saturated heterocycles. The molecule has 1 N–H and O–H groups in total. The van der Waals surface area contributed by atoms with Gasteiger partial charge >= 0.3 is 0 Å². The topological polar surface area (TPSA) is 24.5 Å². The smallest absolute Gasteiger partial charge is 0.166 e. The van der Waals surface area contributed by atoms with Crippen molar-refractivity contribution in [1.82, 2.24) is 10.2 Å². The Morgan fingerprint density at radius 2 is 1.83 bits per heavy atom. The molecule has 2 rings (SSSR count). The minimum atomic E-state index is 0.225. The number of hydrogen-bond acceptors (Lipinski definition) is 3. The second-order valence-electron chi connectivity index (χ2n) is 3.63. The van der Waals surface area contributed by atoms with Crippen LogP contribution in [0.3, 0.4) is 0 Å². The number of nitrogens with zero attached hydrogens (tertiary/aromatic N) is 1. The number of rotatable bonds is 1. The van der Waals surface area contributed by atoms with Crippen LogP contribution in [0.5, 0.6) is 0 Å². The Labute approximate surface area is 74.1 Å². The first-order chi connectivity index (χ1) is 5.97. The van der Waals surface area contributed by atoms with Crippen LogP contribution in [-0.4, -0.2) is 37.5 Å². The fraction of sp³-hybridized carbons (Fsp3) is 1.00. The van der Waals surface area contributed by atoms with E-state index in [9.17, 15) is 0 Å². The predicted octanol–water partition coefficient (Wildman–Crippen LogP) is 0.766. The standard InChI is InChI=1S/C9H18N2O/c1-2-4-7-11(6-3-1)9-10-5-8-12-9/h9-10H,1-8H2. The molecular weight excluding hydrogens is 152 g/mol. The second kappa shape index (κ2) is 4.21. The van der Waals surface area contributed by atoms with E-state index in [0.29, 0.717) is 0 Å². The molecule has 0 aromatic carbocycles. The Morgan fingerprint density at radius 3 is 2.42 bits per heavy atom. The van der Waals surface area contributed by atoms with Gasteiger partial charge in [-0.15, -0.1) is 0 Å². The van der Waals surface area contributed by atoms with Gasteiger partial charge in [0.15, 0.2) is 6.35 Å². The third kappa shape index (κ3) is 1.97. The monoisotopic (exact) mass is 170 g/mol. The third-order valence-corrected chi connectivity index (χ3v) is 2.67. The normalized spacial score (nSPS) is 33.5. The van der Waals surface area contributed by atoms with Gasteiger partial charge in [0.25, 0.3) is 0 Å². The highest BCUT2D eigenvalue weighted by Gasteiger charge is 2.22. The first-order valence-electron chi connectivity index (χ1n) is 5.06. The van der Waals surface area contributed by atoms with E-state index < -0.39 is 0 Å². The Kier molecular flexibility index (Phi) is 2.98. The number of likely N-dealkylation sites (tertiary alicyclic amines) is 1. The predicted molar refractivity (Wildman–Crippen MR) is 47.8 cm³/mol. The molecule has 1 unspecified atom stereocenters. The molecule has 0 spiro atoms. The van der Waals surface area contributed by atoms with Crippen LogP contribution in [0.2, 0.25) is 0 Å². The van der Waals surface area contributed by atoms with Crippen molar-refractivity contribution in [2.24, 2.45) is 0 Å². The summed E-state index contributed by atoms with van der Waals surface area (Å²) in [5, 5.41) is 3.36. The molecular formula is C9H18N2O. The van der Waals surface area contributed by atoms with E-state index in [4.69, 9.17) is 4.74 Å². The van der Waals surface area contributed by atoms with Gasteiger partial charge in [-0.1, -0.05) is 12.8 Å². The lowest BCUT2D eigenvalue weighted by atomic mass is 10.2. The van der Waals surface area contributed by atoms with Gasteiger partial charge in [0, 0.05) is 19.6 Å². The highest BCUT2D eigenvalue weighted by atomic mass is 16.5. The van der Waals surface area contributed by atoms with Crippen LogP contribution in [-0.2, 0) is 4.74 Å². The molecule has 70 valence electrons. The van der Waals surface area contributed by atoms with Crippen LogP contribution in [0.25, 0.3) is 0 Å². The van der Waals surface area contributed by atoms with Crippen molar-refractivity contribution in [3.63, 3.8) is 0 Å². The highest BCUT2D eigenvalue weighted by Crippen LogP contribution is 2.13. The molecule has 12 heavy (non-hydrogen) atoms. The summed E-state index contributed by atoms with van der Waals surface area (Å²) in [6.07, 6.45) is 5.68. The molecule has 0 aliphatic carbocycles. The molecule has 2 aliphatic rings. The van der Waals surface area contributed by atoms with Crippen molar-refractivity contribution in [3.8, 4) is 0 Å². The quantitative estimate of drug-likeness (QED) is 0.629. The molecule has 2 fully saturated rings. The van der Waals surface area contributed by atoms with E-state index in [2.05, 4.69) is 10.2 Å².